The number of rotatable bonds is 8. The maximum Gasteiger partial charge on any atom is 0.0756 e. The van der Waals surface area contributed by atoms with Crippen LogP contribution in [0.3, 0.4) is 0 Å². The molecule has 2 fully saturated rings. The van der Waals surface area contributed by atoms with Gasteiger partial charge >= 0.3 is 0 Å². The van der Waals surface area contributed by atoms with Crippen LogP contribution in [0.25, 0.3) is 0 Å². The summed E-state index contributed by atoms with van der Waals surface area (Å²) in [4.78, 5) is 0. The summed E-state index contributed by atoms with van der Waals surface area (Å²) in [6.07, 6.45) is 20.1. The van der Waals surface area contributed by atoms with Crippen molar-refractivity contribution < 1.29 is 4.74 Å². The molecule has 0 N–H and O–H groups in total. The highest BCUT2D eigenvalue weighted by Gasteiger charge is 2.22. The van der Waals surface area contributed by atoms with E-state index in [-0.39, 0.29) is 0 Å². The number of benzene rings is 1. The Morgan fingerprint density at radius 1 is 0.926 bits per heavy atom. The number of allylic oxidation sites excluding steroid dienone is 2. The van der Waals surface area contributed by atoms with Gasteiger partial charge in [-0.05, 0) is 74.3 Å². The van der Waals surface area contributed by atoms with Crippen LogP contribution in [0.2, 0.25) is 0 Å². The van der Waals surface area contributed by atoms with Gasteiger partial charge in [-0.1, -0.05) is 62.3 Å². The average Bonchev–Trinajstić information content (AvgIpc) is 2.74. The fraction of sp³-hybridized carbons (Fsp3) is 0.615. The minimum atomic E-state index is 0.326. The van der Waals surface area contributed by atoms with E-state index in [4.69, 9.17) is 4.74 Å². The molecule has 1 saturated heterocycles. The molecule has 148 valence electrons. The van der Waals surface area contributed by atoms with Crippen molar-refractivity contribution in [2.45, 2.75) is 83.2 Å². The van der Waals surface area contributed by atoms with Crippen molar-refractivity contribution in [1.82, 2.24) is 0 Å². The monoisotopic (exact) mass is 366 g/mol. The SMILES string of the molecule is C=CC1CCC(C=CC2CCC(c3ccc(CCCCC)cc3)CO2)CC1. The molecule has 2 unspecified atom stereocenters. The molecule has 3 rings (SSSR count). The third-order valence-corrected chi connectivity index (χ3v) is 6.58. The van der Waals surface area contributed by atoms with Crippen molar-refractivity contribution in [2.24, 2.45) is 11.8 Å². The van der Waals surface area contributed by atoms with E-state index in [0.29, 0.717) is 12.0 Å². The maximum absolute atomic E-state index is 6.19. The van der Waals surface area contributed by atoms with E-state index in [0.717, 1.165) is 24.9 Å². The fourth-order valence-corrected chi connectivity index (χ4v) is 4.58. The molecule has 2 atom stereocenters. The highest BCUT2D eigenvalue weighted by Crippen LogP contribution is 2.32. The summed E-state index contributed by atoms with van der Waals surface area (Å²) in [5, 5.41) is 0. The molecule has 1 heteroatoms. The van der Waals surface area contributed by atoms with Crippen LogP contribution >= 0.6 is 0 Å². The summed E-state index contributed by atoms with van der Waals surface area (Å²) in [6.45, 7) is 7.08. The number of ether oxygens (including phenoxy) is 1. The zero-order valence-corrected chi connectivity index (χ0v) is 17.2. The number of hydrogen-bond acceptors (Lipinski definition) is 1. The summed E-state index contributed by atoms with van der Waals surface area (Å²) >= 11 is 0. The van der Waals surface area contributed by atoms with Crippen LogP contribution < -0.4 is 0 Å². The van der Waals surface area contributed by atoms with E-state index in [2.05, 4.69) is 56.0 Å². The van der Waals surface area contributed by atoms with Gasteiger partial charge < -0.3 is 4.74 Å². The Morgan fingerprint density at radius 2 is 1.67 bits per heavy atom. The van der Waals surface area contributed by atoms with Gasteiger partial charge in [0.2, 0.25) is 0 Å². The van der Waals surface area contributed by atoms with Gasteiger partial charge in [0.25, 0.3) is 0 Å². The van der Waals surface area contributed by atoms with Crippen LogP contribution in [0.5, 0.6) is 0 Å². The third kappa shape index (κ3) is 6.35. The molecular weight excluding hydrogens is 328 g/mol. The lowest BCUT2D eigenvalue weighted by Crippen LogP contribution is -2.23. The minimum absolute atomic E-state index is 0.326. The molecule has 0 spiro atoms. The Labute approximate surface area is 166 Å². The Balaban J connectivity index is 1.41. The topological polar surface area (TPSA) is 9.23 Å². The highest BCUT2D eigenvalue weighted by molar-refractivity contribution is 5.26. The van der Waals surface area contributed by atoms with Gasteiger partial charge in [-0.15, -0.1) is 6.58 Å². The van der Waals surface area contributed by atoms with E-state index < -0.39 is 0 Å². The zero-order chi connectivity index (χ0) is 18.9. The lowest BCUT2D eigenvalue weighted by atomic mass is 9.81. The van der Waals surface area contributed by atoms with Gasteiger partial charge in [-0.2, -0.15) is 0 Å². The van der Waals surface area contributed by atoms with Gasteiger partial charge in [-0.25, -0.2) is 0 Å². The van der Waals surface area contributed by atoms with Crippen molar-refractivity contribution in [3.8, 4) is 0 Å². The van der Waals surface area contributed by atoms with Gasteiger partial charge in [0.15, 0.2) is 0 Å². The largest absolute Gasteiger partial charge is 0.374 e. The molecule has 1 heterocycles. The maximum atomic E-state index is 6.19. The molecule has 1 aliphatic carbocycles. The minimum Gasteiger partial charge on any atom is -0.374 e. The van der Waals surface area contributed by atoms with Gasteiger partial charge in [0.1, 0.15) is 0 Å². The van der Waals surface area contributed by atoms with Crippen molar-refractivity contribution >= 4 is 0 Å². The average molecular weight is 367 g/mol. The van der Waals surface area contributed by atoms with E-state index in [1.165, 1.54) is 68.9 Å². The number of unbranched alkanes of at least 4 members (excludes halogenated alkanes) is 2. The van der Waals surface area contributed by atoms with Gasteiger partial charge in [-0.3, -0.25) is 0 Å². The van der Waals surface area contributed by atoms with Gasteiger partial charge in [0.05, 0.1) is 12.7 Å². The molecule has 0 radical (unpaired) electrons. The first kappa shape index (κ1) is 20.4. The standard InChI is InChI=1S/C26H38O/c1-3-5-6-7-22-12-15-24(16-13-22)25-17-19-26(27-20-25)18-14-23-10-8-21(4-2)9-11-23/h4,12-16,18,21,23,25-26H,2-3,5-11,17,19-20H2,1H3. The van der Waals surface area contributed by atoms with E-state index in [1.54, 1.807) is 0 Å². The molecule has 1 saturated carbocycles. The zero-order valence-electron chi connectivity index (χ0n) is 17.2. The molecular formula is C26H38O. The Kier molecular flexibility index (Phi) is 8.20. The quantitative estimate of drug-likeness (QED) is 0.348. The number of hydrogen-bond donors (Lipinski definition) is 0. The normalized spacial score (nSPS) is 29.1. The predicted molar refractivity (Wildman–Crippen MR) is 116 cm³/mol. The first-order valence-corrected chi connectivity index (χ1v) is 11.3. The molecule has 1 aromatic rings. The number of aryl methyl sites for hydroxylation is 1. The molecule has 0 aromatic heterocycles. The third-order valence-electron chi connectivity index (χ3n) is 6.58. The van der Waals surface area contributed by atoms with Gasteiger partial charge in [0, 0.05) is 5.92 Å². The van der Waals surface area contributed by atoms with Crippen LogP contribution in [0, 0.1) is 11.8 Å². The summed E-state index contributed by atoms with van der Waals surface area (Å²) in [6, 6.07) is 9.33. The first-order valence-electron chi connectivity index (χ1n) is 11.3. The van der Waals surface area contributed by atoms with E-state index in [1.807, 2.05) is 0 Å². The van der Waals surface area contributed by atoms with Crippen LogP contribution in [0.1, 0.15) is 81.8 Å². The Morgan fingerprint density at radius 3 is 2.30 bits per heavy atom. The summed E-state index contributed by atoms with van der Waals surface area (Å²) in [7, 11) is 0. The summed E-state index contributed by atoms with van der Waals surface area (Å²) in [5.41, 5.74) is 2.94. The first-order chi connectivity index (χ1) is 13.3. The Hall–Kier alpha value is -1.34. The van der Waals surface area contributed by atoms with E-state index >= 15 is 0 Å². The van der Waals surface area contributed by atoms with Crippen molar-refractivity contribution in [1.29, 1.82) is 0 Å². The highest BCUT2D eigenvalue weighted by atomic mass is 16.5. The lowest BCUT2D eigenvalue weighted by molar-refractivity contribution is 0.0323. The molecule has 2 aliphatic rings. The molecule has 1 aromatic carbocycles. The smallest absolute Gasteiger partial charge is 0.0756 e. The molecule has 0 amide bonds. The summed E-state index contributed by atoms with van der Waals surface area (Å²) < 4.78 is 6.19. The van der Waals surface area contributed by atoms with Crippen molar-refractivity contribution in [3.05, 3.63) is 60.2 Å². The molecule has 1 nitrogen and oxygen atoms in total. The second-order valence-electron chi connectivity index (χ2n) is 8.64. The summed E-state index contributed by atoms with van der Waals surface area (Å²) in [5.74, 6) is 2.07. The van der Waals surface area contributed by atoms with E-state index in [9.17, 15) is 0 Å². The van der Waals surface area contributed by atoms with Crippen LogP contribution in [0.4, 0.5) is 0 Å². The second-order valence-corrected chi connectivity index (χ2v) is 8.64. The van der Waals surface area contributed by atoms with Crippen molar-refractivity contribution in [2.75, 3.05) is 6.61 Å². The van der Waals surface area contributed by atoms with Crippen LogP contribution in [-0.4, -0.2) is 12.7 Å². The predicted octanol–water partition coefficient (Wildman–Crippen LogP) is 7.23. The van der Waals surface area contributed by atoms with Crippen molar-refractivity contribution in [3.63, 3.8) is 0 Å². The lowest BCUT2D eigenvalue weighted by Gasteiger charge is -2.29. The molecule has 27 heavy (non-hydrogen) atoms. The van der Waals surface area contributed by atoms with Crippen LogP contribution in [-0.2, 0) is 11.2 Å². The molecule has 1 aliphatic heterocycles. The Bertz CT molecular complexity index is 569. The fourth-order valence-electron chi connectivity index (χ4n) is 4.58. The second kappa shape index (κ2) is 10.9. The van der Waals surface area contributed by atoms with Crippen LogP contribution in [0.15, 0.2) is 49.1 Å². The molecule has 0 bridgehead atoms.